The molecule has 0 bridgehead atoms. The number of nitrogens with one attached hydrogen (secondary N) is 1. The van der Waals surface area contributed by atoms with Crippen LogP contribution >= 0.6 is 0 Å². The van der Waals surface area contributed by atoms with Crippen molar-refractivity contribution in [3.05, 3.63) is 48.0 Å². The molecular weight excluding hydrogens is 264 g/mol. The second-order valence-electron chi connectivity index (χ2n) is 5.33. The van der Waals surface area contributed by atoms with Crippen LogP contribution in [-0.4, -0.2) is 36.3 Å². The van der Waals surface area contributed by atoms with Gasteiger partial charge in [-0.25, -0.2) is 0 Å². The molecule has 0 atom stereocenters. The number of benzene rings is 2. The highest BCUT2D eigenvalue weighted by Crippen LogP contribution is 2.15. The van der Waals surface area contributed by atoms with E-state index in [1.165, 1.54) is 0 Å². The van der Waals surface area contributed by atoms with Gasteiger partial charge in [-0.15, -0.1) is 0 Å². The molecule has 3 rings (SSSR count). The number of nitrogens with zero attached hydrogens (tertiary/aromatic N) is 1. The number of fused-ring (bicyclic) bond motifs is 1. The lowest BCUT2D eigenvalue weighted by atomic mass is 10.1. The van der Waals surface area contributed by atoms with Crippen molar-refractivity contribution in [2.75, 3.05) is 19.6 Å². The van der Waals surface area contributed by atoms with E-state index in [0.717, 1.165) is 36.7 Å². The van der Waals surface area contributed by atoms with Gasteiger partial charge >= 0.3 is 0 Å². The minimum absolute atomic E-state index is 0.00152. The summed E-state index contributed by atoms with van der Waals surface area (Å²) in [6.45, 7) is 1.70. The van der Waals surface area contributed by atoms with Gasteiger partial charge in [-0.1, -0.05) is 30.3 Å². The van der Waals surface area contributed by atoms with Crippen LogP contribution in [0.1, 0.15) is 23.2 Å². The largest absolute Gasteiger partial charge is 0.343 e. The van der Waals surface area contributed by atoms with Crippen molar-refractivity contribution in [3.8, 4) is 0 Å². The van der Waals surface area contributed by atoms with Crippen LogP contribution in [0.5, 0.6) is 0 Å². The number of rotatable bonds is 3. The van der Waals surface area contributed by atoms with Gasteiger partial charge in [-0.3, -0.25) is 9.59 Å². The van der Waals surface area contributed by atoms with E-state index in [1.54, 1.807) is 11.0 Å². The minimum Gasteiger partial charge on any atom is -0.343 e. The van der Waals surface area contributed by atoms with E-state index in [1.807, 2.05) is 36.4 Å². The van der Waals surface area contributed by atoms with Gasteiger partial charge in [0.2, 0.25) is 5.91 Å². The summed E-state index contributed by atoms with van der Waals surface area (Å²) < 4.78 is 0. The summed E-state index contributed by atoms with van der Waals surface area (Å²) >= 11 is 0. The topological polar surface area (TPSA) is 49.4 Å². The molecule has 2 aromatic carbocycles. The van der Waals surface area contributed by atoms with E-state index in [4.69, 9.17) is 0 Å². The van der Waals surface area contributed by atoms with E-state index < -0.39 is 0 Å². The summed E-state index contributed by atoms with van der Waals surface area (Å²) in [5.41, 5.74) is 0.586. The van der Waals surface area contributed by atoms with E-state index >= 15 is 0 Å². The molecule has 1 N–H and O–H groups in total. The van der Waals surface area contributed by atoms with Gasteiger partial charge in [0.25, 0.3) is 5.91 Å². The molecular formula is C17H18N2O2. The van der Waals surface area contributed by atoms with E-state index in [-0.39, 0.29) is 18.4 Å². The minimum atomic E-state index is -0.201. The predicted molar refractivity (Wildman–Crippen MR) is 82.1 cm³/mol. The second-order valence-corrected chi connectivity index (χ2v) is 5.33. The van der Waals surface area contributed by atoms with Crippen LogP contribution in [0.2, 0.25) is 0 Å². The van der Waals surface area contributed by atoms with Gasteiger partial charge in [0, 0.05) is 18.7 Å². The van der Waals surface area contributed by atoms with E-state index in [2.05, 4.69) is 5.32 Å². The fourth-order valence-electron chi connectivity index (χ4n) is 2.67. The monoisotopic (exact) mass is 282 g/mol. The summed E-state index contributed by atoms with van der Waals surface area (Å²) in [6, 6.07) is 13.5. The Morgan fingerprint density at radius 3 is 2.48 bits per heavy atom. The first-order chi connectivity index (χ1) is 10.2. The molecule has 21 heavy (non-hydrogen) atoms. The molecule has 1 fully saturated rings. The third kappa shape index (κ3) is 3.05. The van der Waals surface area contributed by atoms with Crippen LogP contribution in [-0.2, 0) is 4.79 Å². The molecule has 0 aromatic heterocycles. The molecule has 1 saturated heterocycles. The highest BCUT2D eigenvalue weighted by Gasteiger charge is 2.18. The van der Waals surface area contributed by atoms with Crippen LogP contribution in [0.3, 0.4) is 0 Å². The Hall–Kier alpha value is -2.36. The van der Waals surface area contributed by atoms with Gasteiger partial charge in [-0.2, -0.15) is 0 Å². The average Bonchev–Trinajstić information content (AvgIpc) is 3.06. The third-order valence-electron chi connectivity index (χ3n) is 3.87. The van der Waals surface area contributed by atoms with Gasteiger partial charge in [0.05, 0.1) is 6.54 Å². The molecule has 0 spiro atoms. The van der Waals surface area contributed by atoms with Gasteiger partial charge in [0.15, 0.2) is 0 Å². The quantitative estimate of drug-likeness (QED) is 0.938. The Balaban J connectivity index is 1.64. The van der Waals surface area contributed by atoms with Crippen LogP contribution in [0.15, 0.2) is 42.5 Å². The maximum absolute atomic E-state index is 12.1. The standard InChI is InChI=1S/C17H18N2O2/c20-16(19-9-3-4-10-19)12-18-17(21)15-8-7-13-5-1-2-6-14(13)11-15/h1-2,5-8,11H,3-4,9-10,12H2,(H,18,21). The SMILES string of the molecule is O=C(NCC(=O)N1CCCC1)c1ccc2ccccc2c1. The summed E-state index contributed by atoms with van der Waals surface area (Å²) in [4.78, 5) is 25.8. The summed E-state index contributed by atoms with van der Waals surface area (Å²) in [5, 5.41) is 4.83. The highest BCUT2D eigenvalue weighted by atomic mass is 16.2. The van der Waals surface area contributed by atoms with E-state index in [9.17, 15) is 9.59 Å². The molecule has 108 valence electrons. The lowest BCUT2D eigenvalue weighted by Gasteiger charge is -2.15. The Morgan fingerprint density at radius 2 is 1.71 bits per heavy atom. The maximum atomic E-state index is 12.1. The van der Waals surface area contributed by atoms with E-state index in [0.29, 0.717) is 5.56 Å². The summed E-state index contributed by atoms with van der Waals surface area (Å²) in [6.07, 6.45) is 2.12. The number of amides is 2. The van der Waals surface area contributed by atoms with Crippen molar-refractivity contribution >= 4 is 22.6 Å². The lowest BCUT2D eigenvalue weighted by molar-refractivity contribution is -0.129. The van der Waals surface area contributed by atoms with Crippen molar-refractivity contribution in [1.82, 2.24) is 10.2 Å². The van der Waals surface area contributed by atoms with Crippen LogP contribution in [0.4, 0.5) is 0 Å². The zero-order valence-corrected chi connectivity index (χ0v) is 11.8. The number of likely N-dealkylation sites (tertiary alicyclic amines) is 1. The zero-order valence-electron chi connectivity index (χ0n) is 11.8. The van der Waals surface area contributed by atoms with Crippen LogP contribution in [0, 0.1) is 0 Å². The van der Waals surface area contributed by atoms with Gasteiger partial charge < -0.3 is 10.2 Å². The summed E-state index contributed by atoms with van der Waals surface area (Å²) in [5.74, 6) is -0.199. The first-order valence-electron chi connectivity index (χ1n) is 7.29. The van der Waals surface area contributed by atoms with Crippen molar-refractivity contribution in [2.24, 2.45) is 0 Å². The van der Waals surface area contributed by atoms with Crippen molar-refractivity contribution in [1.29, 1.82) is 0 Å². The number of hydrogen-bond donors (Lipinski definition) is 1. The normalized spacial score (nSPS) is 14.4. The molecule has 4 heteroatoms. The fourth-order valence-corrected chi connectivity index (χ4v) is 2.67. The number of carbonyl (C=O) groups is 2. The zero-order chi connectivity index (χ0) is 14.7. The molecule has 2 aromatic rings. The molecule has 0 aliphatic carbocycles. The Kier molecular flexibility index (Phi) is 3.86. The molecule has 1 aliphatic rings. The first kappa shape index (κ1) is 13.6. The molecule has 0 radical (unpaired) electrons. The van der Waals surface area contributed by atoms with Gasteiger partial charge in [-0.05, 0) is 35.7 Å². The van der Waals surface area contributed by atoms with Crippen molar-refractivity contribution < 1.29 is 9.59 Å². The van der Waals surface area contributed by atoms with Gasteiger partial charge in [0.1, 0.15) is 0 Å². The molecule has 4 nitrogen and oxygen atoms in total. The smallest absolute Gasteiger partial charge is 0.251 e. The predicted octanol–water partition coefficient (Wildman–Crippen LogP) is 2.19. The molecule has 1 heterocycles. The first-order valence-corrected chi connectivity index (χ1v) is 7.29. The number of carbonyl (C=O) groups excluding carboxylic acids is 2. The Labute approximate surface area is 123 Å². The van der Waals surface area contributed by atoms with Crippen LogP contribution in [0.25, 0.3) is 10.8 Å². The molecule has 0 saturated carbocycles. The summed E-state index contributed by atoms with van der Waals surface area (Å²) in [7, 11) is 0. The van der Waals surface area contributed by atoms with Crippen molar-refractivity contribution in [3.63, 3.8) is 0 Å². The second kappa shape index (κ2) is 5.95. The fraction of sp³-hybridized carbons (Fsp3) is 0.294. The molecule has 2 amide bonds. The molecule has 0 unspecified atom stereocenters. The van der Waals surface area contributed by atoms with Crippen LogP contribution < -0.4 is 5.32 Å². The third-order valence-corrected chi connectivity index (χ3v) is 3.87. The Morgan fingerprint density at radius 1 is 1.00 bits per heavy atom. The molecule has 1 aliphatic heterocycles. The number of hydrogen-bond acceptors (Lipinski definition) is 2. The average molecular weight is 282 g/mol. The Bertz CT molecular complexity index is 675. The van der Waals surface area contributed by atoms with Crippen molar-refractivity contribution in [2.45, 2.75) is 12.8 Å². The maximum Gasteiger partial charge on any atom is 0.251 e. The highest BCUT2D eigenvalue weighted by molar-refractivity contribution is 6.00. The lowest BCUT2D eigenvalue weighted by Crippen LogP contribution is -2.38.